The first-order valence-corrected chi connectivity index (χ1v) is 10.7. The van der Waals surface area contributed by atoms with Gasteiger partial charge in [0.2, 0.25) is 5.91 Å². The Hall–Kier alpha value is -2.14. The van der Waals surface area contributed by atoms with Gasteiger partial charge >= 0.3 is 0 Å². The van der Waals surface area contributed by atoms with E-state index in [1.54, 1.807) is 0 Å². The summed E-state index contributed by atoms with van der Waals surface area (Å²) in [5, 5.41) is 5.77. The van der Waals surface area contributed by atoms with Crippen LogP contribution in [-0.2, 0) is 11.2 Å². The van der Waals surface area contributed by atoms with Gasteiger partial charge in [-0.05, 0) is 60.0 Å². The van der Waals surface area contributed by atoms with E-state index in [-0.39, 0.29) is 11.9 Å². The molecule has 5 heteroatoms. The van der Waals surface area contributed by atoms with Crippen molar-refractivity contribution >= 4 is 34.5 Å². The minimum Gasteiger partial charge on any atom is -0.323 e. The van der Waals surface area contributed by atoms with Crippen LogP contribution in [0.25, 0.3) is 0 Å². The van der Waals surface area contributed by atoms with Gasteiger partial charge in [0.05, 0.1) is 23.3 Å². The molecule has 28 heavy (non-hydrogen) atoms. The molecule has 0 saturated carbocycles. The maximum atomic E-state index is 12.9. The largest absolute Gasteiger partial charge is 0.323 e. The predicted octanol–water partition coefficient (Wildman–Crippen LogP) is 5.60. The number of nitrogens with one attached hydrogen (secondary N) is 1. The molecular weight excluding hydrogens is 388 g/mol. The average molecular weight is 411 g/mol. The van der Waals surface area contributed by atoms with Gasteiger partial charge in [-0.25, -0.2) is 0 Å². The summed E-state index contributed by atoms with van der Waals surface area (Å²) in [5.41, 5.74) is 5.32. The van der Waals surface area contributed by atoms with Gasteiger partial charge < -0.3 is 5.32 Å². The number of hydrogen-bond acceptors (Lipinski definition) is 3. The number of anilines is 1. The number of aryl methyl sites for hydroxylation is 2. The number of thiophene rings is 1. The number of rotatable bonds is 4. The van der Waals surface area contributed by atoms with Gasteiger partial charge in [0.1, 0.15) is 0 Å². The zero-order valence-corrected chi connectivity index (χ0v) is 17.6. The standard InChI is InChI=1S/C23H23ClN2OS/c1-15-12-16(2)22(19(24)13-15)25-21(27)14-26-10-8-20-18(9-11-28-20)23(26)17-6-4-3-5-7-17/h3-7,9,11-13,23H,8,10,14H2,1-2H3,(H,25,27)/t23-/m0/s1. The minimum atomic E-state index is -0.0338. The highest BCUT2D eigenvalue weighted by atomic mass is 35.5. The number of carbonyl (C=O) groups is 1. The first-order chi connectivity index (χ1) is 13.5. The van der Waals surface area contributed by atoms with E-state index in [1.165, 1.54) is 16.0 Å². The third-order valence-electron chi connectivity index (χ3n) is 5.22. The first-order valence-electron chi connectivity index (χ1n) is 9.45. The third-order valence-corrected chi connectivity index (χ3v) is 6.52. The monoisotopic (exact) mass is 410 g/mol. The molecule has 1 aliphatic heterocycles. The SMILES string of the molecule is Cc1cc(C)c(NC(=O)CN2CCc3sccc3[C@@H]2c2ccccc2)c(Cl)c1. The van der Waals surface area contributed by atoms with Crippen molar-refractivity contribution in [1.29, 1.82) is 0 Å². The Morgan fingerprint density at radius 2 is 2.00 bits per heavy atom. The maximum Gasteiger partial charge on any atom is 0.238 e. The van der Waals surface area contributed by atoms with E-state index in [9.17, 15) is 4.79 Å². The van der Waals surface area contributed by atoms with Crippen molar-refractivity contribution in [2.75, 3.05) is 18.4 Å². The number of benzene rings is 2. The summed E-state index contributed by atoms with van der Waals surface area (Å²) in [6.45, 7) is 5.17. The van der Waals surface area contributed by atoms with E-state index < -0.39 is 0 Å². The molecule has 4 rings (SSSR count). The van der Waals surface area contributed by atoms with Crippen LogP contribution >= 0.6 is 22.9 Å². The summed E-state index contributed by atoms with van der Waals surface area (Å²) in [6, 6.07) is 16.7. The Kier molecular flexibility index (Phi) is 5.54. The van der Waals surface area contributed by atoms with Crippen molar-refractivity contribution in [3.63, 3.8) is 0 Å². The van der Waals surface area contributed by atoms with E-state index in [4.69, 9.17) is 11.6 Å². The molecule has 1 N–H and O–H groups in total. The quantitative estimate of drug-likeness (QED) is 0.606. The molecule has 144 valence electrons. The Bertz CT molecular complexity index is 976. The lowest BCUT2D eigenvalue weighted by Gasteiger charge is -2.35. The predicted molar refractivity (Wildman–Crippen MR) is 117 cm³/mol. The number of hydrogen-bond donors (Lipinski definition) is 1. The molecule has 0 unspecified atom stereocenters. The molecule has 0 saturated heterocycles. The summed E-state index contributed by atoms with van der Waals surface area (Å²) >= 11 is 8.18. The lowest BCUT2D eigenvalue weighted by molar-refractivity contribution is -0.117. The lowest BCUT2D eigenvalue weighted by Crippen LogP contribution is -2.40. The Balaban J connectivity index is 1.57. The van der Waals surface area contributed by atoms with Gasteiger partial charge in [0, 0.05) is 11.4 Å². The van der Waals surface area contributed by atoms with E-state index in [1.807, 2.05) is 43.4 Å². The Morgan fingerprint density at radius 3 is 2.75 bits per heavy atom. The normalized spacial score (nSPS) is 16.6. The van der Waals surface area contributed by atoms with Crippen LogP contribution in [0.15, 0.2) is 53.9 Å². The molecule has 0 spiro atoms. The lowest BCUT2D eigenvalue weighted by atomic mass is 9.93. The summed E-state index contributed by atoms with van der Waals surface area (Å²) in [7, 11) is 0. The van der Waals surface area contributed by atoms with Crippen LogP contribution in [0.2, 0.25) is 5.02 Å². The van der Waals surface area contributed by atoms with Crippen molar-refractivity contribution in [3.8, 4) is 0 Å². The second kappa shape index (κ2) is 8.08. The van der Waals surface area contributed by atoms with Crippen LogP contribution < -0.4 is 5.32 Å². The fraction of sp³-hybridized carbons (Fsp3) is 0.261. The molecule has 1 aliphatic rings. The number of nitrogens with zero attached hydrogens (tertiary/aromatic N) is 1. The third kappa shape index (κ3) is 3.86. The fourth-order valence-electron chi connectivity index (χ4n) is 4.00. The highest BCUT2D eigenvalue weighted by Gasteiger charge is 2.30. The van der Waals surface area contributed by atoms with E-state index >= 15 is 0 Å². The molecule has 1 atom stereocenters. The van der Waals surface area contributed by atoms with Crippen molar-refractivity contribution in [2.24, 2.45) is 0 Å². The Morgan fingerprint density at radius 1 is 1.21 bits per heavy atom. The topological polar surface area (TPSA) is 32.3 Å². The van der Waals surface area contributed by atoms with Crippen molar-refractivity contribution < 1.29 is 4.79 Å². The number of carbonyl (C=O) groups excluding carboxylic acids is 1. The Labute approximate surface area is 175 Å². The van der Waals surface area contributed by atoms with Crippen LogP contribution in [0.4, 0.5) is 5.69 Å². The highest BCUT2D eigenvalue weighted by Crippen LogP contribution is 2.37. The van der Waals surface area contributed by atoms with Crippen LogP contribution in [0.5, 0.6) is 0 Å². The van der Waals surface area contributed by atoms with Crippen LogP contribution in [-0.4, -0.2) is 23.9 Å². The first kappa shape index (κ1) is 19.2. The molecule has 1 aromatic heterocycles. The summed E-state index contributed by atoms with van der Waals surface area (Å²) in [6.07, 6.45) is 0.980. The summed E-state index contributed by atoms with van der Waals surface area (Å²) < 4.78 is 0. The molecule has 3 aromatic rings. The van der Waals surface area contributed by atoms with Crippen molar-refractivity contribution in [2.45, 2.75) is 26.3 Å². The highest BCUT2D eigenvalue weighted by molar-refractivity contribution is 7.10. The zero-order valence-electron chi connectivity index (χ0n) is 16.0. The molecular formula is C23H23ClN2OS. The second-order valence-electron chi connectivity index (χ2n) is 7.32. The average Bonchev–Trinajstić information content (AvgIpc) is 3.14. The number of amides is 1. The zero-order chi connectivity index (χ0) is 19.7. The van der Waals surface area contributed by atoms with Crippen LogP contribution in [0, 0.1) is 13.8 Å². The fourth-order valence-corrected chi connectivity index (χ4v) is 5.27. The van der Waals surface area contributed by atoms with Gasteiger partial charge in [0.15, 0.2) is 0 Å². The van der Waals surface area contributed by atoms with Crippen molar-refractivity contribution in [3.05, 3.63) is 86.1 Å². The van der Waals surface area contributed by atoms with E-state index in [0.29, 0.717) is 17.3 Å². The number of fused-ring (bicyclic) bond motifs is 1. The van der Waals surface area contributed by atoms with Gasteiger partial charge in [-0.1, -0.05) is 48.0 Å². The van der Waals surface area contributed by atoms with E-state index in [0.717, 1.165) is 24.1 Å². The van der Waals surface area contributed by atoms with Crippen LogP contribution in [0.1, 0.15) is 33.2 Å². The second-order valence-corrected chi connectivity index (χ2v) is 8.73. The van der Waals surface area contributed by atoms with Crippen molar-refractivity contribution in [1.82, 2.24) is 4.90 Å². The molecule has 0 bridgehead atoms. The summed E-state index contributed by atoms with van der Waals surface area (Å²) in [4.78, 5) is 16.6. The smallest absolute Gasteiger partial charge is 0.238 e. The molecule has 3 nitrogen and oxygen atoms in total. The molecule has 0 aliphatic carbocycles. The van der Waals surface area contributed by atoms with Gasteiger partial charge in [0.25, 0.3) is 0 Å². The molecule has 2 heterocycles. The van der Waals surface area contributed by atoms with E-state index in [2.05, 4.69) is 45.9 Å². The van der Waals surface area contributed by atoms with Gasteiger partial charge in [-0.15, -0.1) is 11.3 Å². The molecule has 2 aromatic carbocycles. The minimum absolute atomic E-state index is 0.0338. The van der Waals surface area contributed by atoms with Gasteiger partial charge in [-0.3, -0.25) is 9.69 Å². The number of halogens is 1. The van der Waals surface area contributed by atoms with Gasteiger partial charge in [-0.2, -0.15) is 0 Å². The summed E-state index contributed by atoms with van der Waals surface area (Å²) in [5.74, 6) is -0.0338. The molecule has 0 radical (unpaired) electrons. The maximum absolute atomic E-state index is 12.9. The molecule has 1 amide bonds. The molecule has 0 fully saturated rings. The van der Waals surface area contributed by atoms with Crippen LogP contribution in [0.3, 0.4) is 0 Å².